The highest BCUT2D eigenvalue weighted by molar-refractivity contribution is 5.79. The first-order chi connectivity index (χ1) is 16.8. The fourth-order valence-electron chi connectivity index (χ4n) is 4.57. The topological polar surface area (TPSA) is 93.7 Å². The highest BCUT2D eigenvalue weighted by atomic mass is 16.5. The lowest BCUT2D eigenvalue weighted by Gasteiger charge is -2.24. The molecule has 0 aromatic heterocycles. The molecule has 0 saturated carbocycles. The molecule has 35 heavy (non-hydrogen) atoms. The summed E-state index contributed by atoms with van der Waals surface area (Å²) in [5.74, 6) is -0.0461. The quantitative estimate of drug-likeness (QED) is 0.436. The van der Waals surface area contributed by atoms with E-state index in [0.717, 1.165) is 11.1 Å². The van der Waals surface area contributed by atoms with Crippen molar-refractivity contribution in [2.75, 3.05) is 20.3 Å². The smallest absolute Gasteiger partial charge is 0.407 e. The Bertz CT molecular complexity index is 990. The number of carbonyl (C=O) groups is 3. The van der Waals surface area contributed by atoms with E-state index in [1.54, 1.807) is 0 Å². The molecular weight excluding hydrogens is 444 g/mol. The molecule has 0 aliphatic heterocycles. The van der Waals surface area contributed by atoms with Crippen LogP contribution >= 0.6 is 0 Å². The first-order valence-electron chi connectivity index (χ1n) is 12.2. The highest BCUT2D eigenvalue weighted by Crippen LogP contribution is 2.44. The summed E-state index contributed by atoms with van der Waals surface area (Å²) in [5, 5.41) is 6.08. The number of alkyl carbamates (subject to hydrolysis) is 1. The van der Waals surface area contributed by atoms with Crippen LogP contribution in [0, 0.1) is 5.92 Å². The van der Waals surface area contributed by atoms with Crippen LogP contribution in [0.5, 0.6) is 0 Å². The average Bonchev–Trinajstić information content (AvgIpc) is 3.16. The van der Waals surface area contributed by atoms with E-state index >= 15 is 0 Å². The first-order valence-corrected chi connectivity index (χ1v) is 12.2. The third kappa shape index (κ3) is 7.15. The Morgan fingerprint density at radius 1 is 0.971 bits per heavy atom. The molecule has 2 atom stereocenters. The van der Waals surface area contributed by atoms with Crippen molar-refractivity contribution < 1.29 is 23.9 Å². The monoisotopic (exact) mass is 480 g/mol. The summed E-state index contributed by atoms with van der Waals surface area (Å²) in [6, 6.07) is 15.5. The zero-order valence-electron chi connectivity index (χ0n) is 21.0. The van der Waals surface area contributed by atoms with Gasteiger partial charge < -0.3 is 24.9 Å². The minimum absolute atomic E-state index is 0.0308. The van der Waals surface area contributed by atoms with Crippen LogP contribution in [0.2, 0.25) is 0 Å². The van der Waals surface area contributed by atoms with Gasteiger partial charge in [0.25, 0.3) is 0 Å². The summed E-state index contributed by atoms with van der Waals surface area (Å²) < 4.78 is 10.6. The Morgan fingerprint density at radius 2 is 1.57 bits per heavy atom. The number of Topliss-reactive ketones (excluding diaryl/α,β-unsaturated/α-hetero) is 1. The molecule has 0 saturated heterocycles. The standard InChI is InChI=1S/C28H36N2O5/c1-18(2)15-26(27(32)34-4)29-16-20(14-13-19(3)31)30-28(33)35-17-25-23-11-7-5-9-21(23)22-10-6-8-12-24(22)25/h5-12,18,20,25-26,29H,13-17H2,1-4H3,(H,30,33)/t20-,26-/m1/s1. The van der Waals surface area contributed by atoms with Crippen molar-refractivity contribution in [1.82, 2.24) is 10.6 Å². The van der Waals surface area contributed by atoms with Gasteiger partial charge in [0.05, 0.1) is 7.11 Å². The van der Waals surface area contributed by atoms with Crippen molar-refractivity contribution in [3.05, 3.63) is 59.7 Å². The lowest BCUT2D eigenvalue weighted by molar-refractivity contribution is -0.143. The summed E-state index contributed by atoms with van der Waals surface area (Å²) in [4.78, 5) is 36.5. The van der Waals surface area contributed by atoms with Gasteiger partial charge in [-0.3, -0.25) is 4.79 Å². The summed E-state index contributed by atoms with van der Waals surface area (Å²) in [6.45, 7) is 6.11. The van der Waals surface area contributed by atoms with E-state index in [0.29, 0.717) is 25.8 Å². The minimum Gasteiger partial charge on any atom is -0.468 e. The zero-order valence-corrected chi connectivity index (χ0v) is 21.0. The summed E-state index contributed by atoms with van der Waals surface area (Å²) in [6.07, 6.45) is 0.836. The molecule has 0 unspecified atom stereocenters. The van der Waals surface area contributed by atoms with E-state index in [-0.39, 0.29) is 36.2 Å². The predicted octanol–water partition coefficient (Wildman–Crippen LogP) is 4.44. The molecule has 2 aromatic rings. The number of ether oxygens (including phenoxy) is 2. The van der Waals surface area contributed by atoms with E-state index in [9.17, 15) is 14.4 Å². The third-order valence-corrected chi connectivity index (χ3v) is 6.31. The number of nitrogens with one attached hydrogen (secondary N) is 2. The second-order valence-electron chi connectivity index (χ2n) is 9.52. The van der Waals surface area contributed by atoms with Gasteiger partial charge in [0, 0.05) is 24.9 Å². The lowest BCUT2D eigenvalue weighted by Crippen LogP contribution is -2.48. The number of ketones is 1. The number of hydrogen-bond donors (Lipinski definition) is 2. The molecule has 0 fully saturated rings. The van der Waals surface area contributed by atoms with Gasteiger partial charge >= 0.3 is 12.1 Å². The van der Waals surface area contributed by atoms with Crippen molar-refractivity contribution >= 4 is 17.8 Å². The maximum absolute atomic E-state index is 12.8. The number of methoxy groups -OCH3 is 1. The molecule has 3 rings (SSSR count). The van der Waals surface area contributed by atoms with E-state index in [4.69, 9.17) is 9.47 Å². The zero-order chi connectivity index (χ0) is 25.4. The second-order valence-corrected chi connectivity index (χ2v) is 9.52. The molecule has 2 aromatic carbocycles. The van der Waals surface area contributed by atoms with Gasteiger partial charge in [-0.05, 0) is 47.9 Å². The Balaban J connectivity index is 1.62. The van der Waals surface area contributed by atoms with Gasteiger partial charge in [-0.1, -0.05) is 62.4 Å². The SMILES string of the molecule is COC(=O)[C@@H](CC(C)C)NC[C@@H](CCC(C)=O)NC(=O)OCC1c2ccccc2-c2ccccc21. The van der Waals surface area contributed by atoms with Crippen LogP contribution in [0.15, 0.2) is 48.5 Å². The van der Waals surface area contributed by atoms with Crippen LogP contribution in [0.25, 0.3) is 11.1 Å². The number of esters is 1. The number of amides is 1. The lowest BCUT2D eigenvalue weighted by atomic mass is 9.98. The molecule has 1 amide bonds. The first kappa shape index (κ1) is 26.4. The summed E-state index contributed by atoms with van der Waals surface area (Å²) in [7, 11) is 1.36. The van der Waals surface area contributed by atoms with Crippen LogP contribution in [0.1, 0.15) is 57.1 Å². The number of benzene rings is 2. The Morgan fingerprint density at radius 3 is 2.11 bits per heavy atom. The second kappa shape index (κ2) is 12.5. The molecule has 7 nitrogen and oxygen atoms in total. The fraction of sp³-hybridized carbons (Fsp3) is 0.464. The number of fused-ring (bicyclic) bond motifs is 3. The Kier molecular flexibility index (Phi) is 9.43. The molecule has 0 spiro atoms. The van der Waals surface area contributed by atoms with Crippen molar-refractivity contribution in [3.63, 3.8) is 0 Å². The van der Waals surface area contributed by atoms with Crippen molar-refractivity contribution in [1.29, 1.82) is 0 Å². The Labute approximate surface area is 207 Å². The van der Waals surface area contributed by atoms with Gasteiger partial charge in [0.15, 0.2) is 0 Å². The maximum atomic E-state index is 12.8. The highest BCUT2D eigenvalue weighted by Gasteiger charge is 2.29. The molecule has 1 aliphatic rings. The molecule has 1 aliphatic carbocycles. The van der Waals surface area contributed by atoms with Gasteiger partial charge in [-0.25, -0.2) is 4.79 Å². The number of hydrogen-bond acceptors (Lipinski definition) is 6. The van der Waals surface area contributed by atoms with Gasteiger partial charge in [0.1, 0.15) is 18.4 Å². The van der Waals surface area contributed by atoms with E-state index < -0.39 is 12.1 Å². The van der Waals surface area contributed by atoms with Gasteiger partial charge in [-0.15, -0.1) is 0 Å². The van der Waals surface area contributed by atoms with Crippen molar-refractivity contribution in [2.45, 2.75) is 58.0 Å². The Hall–Kier alpha value is -3.19. The normalized spacial score (nSPS) is 14.1. The summed E-state index contributed by atoms with van der Waals surface area (Å²) in [5.41, 5.74) is 4.62. The number of carbonyl (C=O) groups excluding carboxylic acids is 3. The third-order valence-electron chi connectivity index (χ3n) is 6.31. The number of rotatable bonds is 12. The molecule has 0 heterocycles. The van der Waals surface area contributed by atoms with Crippen molar-refractivity contribution in [3.8, 4) is 11.1 Å². The molecule has 7 heteroatoms. The predicted molar refractivity (Wildman–Crippen MR) is 135 cm³/mol. The van der Waals surface area contributed by atoms with E-state index in [1.807, 2.05) is 38.1 Å². The largest absolute Gasteiger partial charge is 0.468 e. The van der Waals surface area contributed by atoms with Crippen molar-refractivity contribution in [2.24, 2.45) is 5.92 Å². The van der Waals surface area contributed by atoms with Crippen LogP contribution in [0.3, 0.4) is 0 Å². The molecular formula is C28H36N2O5. The van der Waals surface area contributed by atoms with E-state index in [2.05, 4.69) is 34.9 Å². The van der Waals surface area contributed by atoms with Crippen LogP contribution in [-0.2, 0) is 19.1 Å². The van der Waals surface area contributed by atoms with Crippen LogP contribution in [-0.4, -0.2) is 50.2 Å². The molecule has 0 bridgehead atoms. The molecule has 2 N–H and O–H groups in total. The van der Waals surface area contributed by atoms with Crippen LogP contribution < -0.4 is 10.6 Å². The molecule has 0 radical (unpaired) electrons. The van der Waals surface area contributed by atoms with Crippen LogP contribution in [0.4, 0.5) is 4.79 Å². The van der Waals surface area contributed by atoms with Gasteiger partial charge in [0.2, 0.25) is 0 Å². The maximum Gasteiger partial charge on any atom is 0.407 e. The molecule has 188 valence electrons. The van der Waals surface area contributed by atoms with E-state index in [1.165, 1.54) is 25.2 Å². The summed E-state index contributed by atoms with van der Waals surface area (Å²) >= 11 is 0. The van der Waals surface area contributed by atoms with Gasteiger partial charge in [-0.2, -0.15) is 0 Å². The fourth-order valence-corrected chi connectivity index (χ4v) is 4.57. The average molecular weight is 481 g/mol. The minimum atomic E-state index is -0.541.